The first-order valence-electron chi connectivity index (χ1n) is 10.5. The summed E-state index contributed by atoms with van der Waals surface area (Å²) in [5, 5.41) is -0.0576. The standard InChI is InChI=1S/C22H16Cl6F4O8/c23-13-3-1-11(39-21(29,30)19(25)26)7-15(13)37-9-17(33)35-5-6-36-18(34)10-38-16-8-12(2-4-14(16)24)40-22(31,32)20(27)28/h1-4,7-8,19-20H,5-6,9-10H2. The van der Waals surface area contributed by atoms with E-state index in [1.807, 2.05) is 0 Å². The molecule has 0 bridgehead atoms. The van der Waals surface area contributed by atoms with Gasteiger partial charge in [0.1, 0.15) is 36.2 Å². The number of carbonyl (C=O) groups excluding carboxylic acids is 2. The molecule has 8 nitrogen and oxygen atoms in total. The van der Waals surface area contributed by atoms with Gasteiger partial charge in [0.15, 0.2) is 13.2 Å². The molecule has 0 amide bonds. The van der Waals surface area contributed by atoms with Crippen molar-refractivity contribution >= 4 is 81.5 Å². The van der Waals surface area contributed by atoms with E-state index in [9.17, 15) is 27.2 Å². The van der Waals surface area contributed by atoms with Crippen LogP contribution in [0.2, 0.25) is 10.0 Å². The number of ether oxygens (including phenoxy) is 6. The summed E-state index contributed by atoms with van der Waals surface area (Å²) in [5.74, 6) is -2.99. The first kappa shape index (κ1) is 34.2. The number of esters is 2. The molecule has 0 fully saturated rings. The molecule has 2 aromatic carbocycles. The maximum atomic E-state index is 13.5. The van der Waals surface area contributed by atoms with Gasteiger partial charge in [0.05, 0.1) is 10.0 Å². The highest BCUT2D eigenvalue weighted by atomic mass is 35.5. The first-order chi connectivity index (χ1) is 18.6. The van der Waals surface area contributed by atoms with Gasteiger partial charge in [0, 0.05) is 12.1 Å². The van der Waals surface area contributed by atoms with E-state index in [0.29, 0.717) is 0 Å². The Labute approximate surface area is 254 Å². The summed E-state index contributed by atoms with van der Waals surface area (Å²) >= 11 is 32.4. The van der Waals surface area contributed by atoms with Gasteiger partial charge in [0.25, 0.3) is 0 Å². The van der Waals surface area contributed by atoms with Crippen molar-refractivity contribution in [1.29, 1.82) is 0 Å². The van der Waals surface area contributed by atoms with Crippen LogP contribution >= 0.6 is 69.6 Å². The molecule has 2 rings (SSSR count). The van der Waals surface area contributed by atoms with Crippen molar-refractivity contribution in [3.8, 4) is 23.0 Å². The van der Waals surface area contributed by atoms with Crippen molar-refractivity contribution in [1.82, 2.24) is 0 Å². The van der Waals surface area contributed by atoms with Crippen LogP contribution < -0.4 is 18.9 Å². The molecule has 0 unspecified atom stereocenters. The van der Waals surface area contributed by atoms with E-state index in [4.69, 9.17) is 88.6 Å². The predicted octanol–water partition coefficient (Wildman–Crippen LogP) is 7.09. The number of rotatable bonds is 15. The van der Waals surface area contributed by atoms with Crippen LogP contribution in [0, 0.1) is 0 Å². The van der Waals surface area contributed by atoms with Gasteiger partial charge in [-0.05, 0) is 24.3 Å². The topological polar surface area (TPSA) is 89.5 Å². The molecule has 0 aliphatic carbocycles. The van der Waals surface area contributed by atoms with Crippen LogP contribution in [0.5, 0.6) is 23.0 Å². The lowest BCUT2D eigenvalue weighted by Crippen LogP contribution is -2.32. The molecule has 18 heteroatoms. The van der Waals surface area contributed by atoms with Crippen molar-refractivity contribution in [2.45, 2.75) is 21.9 Å². The lowest BCUT2D eigenvalue weighted by molar-refractivity contribution is -0.164. The maximum Gasteiger partial charge on any atom is 0.428 e. The van der Waals surface area contributed by atoms with Gasteiger partial charge in [0.2, 0.25) is 9.67 Å². The van der Waals surface area contributed by atoms with E-state index in [2.05, 4.69) is 9.47 Å². The third-order valence-corrected chi connectivity index (χ3v) is 5.76. The summed E-state index contributed by atoms with van der Waals surface area (Å²) in [6.07, 6.45) is -7.81. The highest BCUT2D eigenvalue weighted by molar-refractivity contribution is 6.45. The number of alkyl halides is 8. The second-order valence-corrected chi connectivity index (χ2v) is 10.1. The Morgan fingerprint density at radius 2 is 1.02 bits per heavy atom. The number of halogens is 10. The second-order valence-electron chi connectivity index (χ2n) is 7.13. The molecule has 0 heterocycles. The van der Waals surface area contributed by atoms with Gasteiger partial charge in [-0.2, -0.15) is 17.6 Å². The molecule has 2 aromatic rings. The molecule has 0 spiro atoms. The Bertz CT molecular complexity index is 1080. The Hall–Kier alpha value is -1.96. The molecule has 0 N–H and O–H groups in total. The van der Waals surface area contributed by atoms with Gasteiger partial charge < -0.3 is 28.4 Å². The Kier molecular flexibility index (Phi) is 13.1. The van der Waals surface area contributed by atoms with Gasteiger partial charge in [-0.15, -0.1) is 0 Å². The minimum atomic E-state index is -3.91. The minimum absolute atomic E-state index is 0.0288. The van der Waals surface area contributed by atoms with Gasteiger partial charge >= 0.3 is 24.2 Å². The lowest BCUT2D eigenvalue weighted by atomic mass is 10.3. The van der Waals surface area contributed by atoms with E-state index < -0.39 is 58.5 Å². The quantitative estimate of drug-likeness (QED) is 0.0845. The zero-order valence-electron chi connectivity index (χ0n) is 19.5. The van der Waals surface area contributed by atoms with Crippen LogP contribution in [0.1, 0.15) is 0 Å². The van der Waals surface area contributed by atoms with Crippen LogP contribution in [0.4, 0.5) is 17.6 Å². The summed E-state index contributed by atoms with van der Waals surface area (Å²) in [7, 11) is 0. The second kappa shape index (κ2) is 15.3. The highest BCUT2D eigenvalue weighted by Gasteiger charge is 2.41. The van der Waals surface area contributed by atoms with Gasteiger partial charge in [-0.25, -0.2) is 9.59 Å². The summed E-state index contributed by atoms with van der Waals surface area (Å²) < 4.78 is 82.8. The van der Waals surface area contributed by atoms with E-state index >= 15 is 0 Å². The predicted molar refractivity (Wildman–Crippen MR) is 138 cm³/mol. The fourth-order valence-electron chi connectivity index (χ4n) is 2.39. The third kappa shape index (κ3) is 11.1. The van der Waals surface area contributed by atoms with Gasteiger partial charge in [-0.3, -0.25) is 0 Å². The van der Waals surface area contributed by atoms with Crippen molar-refractivity contribution in [2.24, 2.45) is 0 Å². The highest BCUT2D eigenvalue weighted by Crippen LogP contribution is 2.36. The zero-order chi connectivity index (χ0) is 30.1. The number of hydrogen-bond donors (Lipinski definition) is 0. The lowest BCUT2D eigenvalue weighted by Gasteiger charge is -2.19. The molecule has 0 aliphatic heterocycles. The van der Waals surface area contributed by atoms with E-state index in [-0.39, 0.29) is 34.8 Å². The van der Waals surface area contributed by atoms with Gasteiger partial charge in [-0.1, -0.05) is 69.6 Å². The summed E-state index contributed by atoms with van der Waals surface area (Å²) in [4.78, 5) is 19.4. The first-order valence-corrected chi connectivity index (χ1v) is 13.0. The maximum absolute atomic E-state index is 13.5. The Balaban J connectivity index is 1.75. The SMILES string of the molecule is O=C(COc1cc(OC(F)(F)C(Cl)Cl)ccc1Cl)OCCOC(=O)COc1cc(OC(F)(F)C(Cl)Cl)ccc1Cl. The van der Waals surface area contributed by atoms with Crippen LogP contribution in [0.3, 0.4) is 0 Å². The normalized spacial score (nSPS) is 11.8. The van der Waals surface area contributed by atoms with Crippen molar-refractivity contribution in [3.63, 3.8) is 0 Å². The zero-order valence-corrected chi connectivity index (χ0v) is 24.0. The van der Waals surface area contributed by atoms with Crippen LogP contribution in [0.15, 0.2) is 36.4 Å². The molecule has 0 aliphatic rings. The molecule has 0 radical (unpaired) electrons. The molecule has 0 atom stereocenters. The van der Waals surface area contributed by atoms with E-state index in [1.165, 1.54) is 12.1 Å². The molecule has 222 valence electrons. The third-order valence-electron chi connectivity index (χ3n) is 4.12. The monoisotopic (exact) mass is 694 g/mol. The molecule has 40 heavy (non-hydrogen) atoms. The summed E-state index contributed by atoms with van der Waals surface area (Å²) in [5.41, 5.74) is 0. The van der Waals surface area contributed by atoms with E-state index in [1.54, 1.807) is 0 Å². The fraction of sp³-hybridized carbons (Fsp3) is 0.364. The molecule has 0 saturated carbocycles. The average Bonchev–Trinajstić information content (AvgIpc) is 2.86. The smallest absolute Gasteiger partial charge is 0.428 e. The van der Waals surface area contributed by atoms with Crippen LogP contribution in [-0.4, -0.2) is 60.3 Å². The van der Waals surface area contributed by atoms with Crippen LogP contribution in [-0.2, 0) is 19.1 Å². The summed E-state index contributed by atoms with van der Waals surface area (Å²) in [6.45, 7) is -2.15. The van der Waals surface area contributed by atoms with Crippen molar-refractivity contribution < 1.29 is 55.6 Å². The van der Waals surface area contributed by atoms with Crippen LogP contribution in [0.25, 0.3) is 0 Å². The average molecular weight is 697 g/mol. The number of benzene rings is 2. The number of carbonyl (C=O) groups is 2. The Morgan fingerprint density at radius 3 is 1.35 bits per heavy atom. The van der Waals surface area contributed by atoms with Crippen molar-refractivity contribution in [3.05, 3.63) is 46.4 Å². The summed E-state index contributed by atoms with van der Waals surface area (Å²) in [6, 6.07) is 6.51. The minimum Gasteiger partial charge on any atom is -0.480 e. The van der Waals surface area contributed by atoms with E-state index in [0.717, 1.165) is 24.3 Å². The molecule has 0 aromatic heterocycles. The van der Waals surface area contributed by atoms with Crippen molar-refractivity contribution in [2.75, 3.05) is 26.4 Å². The molecular formula is C22H16Cl6F4O8. The largest absolute Gasteiger partial charge is 0.480 e. The molecular weight excluding hydrogens is 681 g/mol. The fourth-order valence-corrected chi connectivity index (χ4v) is 2.91. The Morgan fingerprint density at radius 1 is 0.675 bits per heavy atom. The number of hydrogen-bond acceptors (Lipinski definition) is 8. The molecule has 0 saturated heterocycles.